The van der Waals surface area contributed by atoms with Crippen LogP contribution < -0.4 is 10.1 Å². The largest absolute Gasteiger partial charge is 0.497 e. The van der Waals surface area contributed by atoms with E-state index in [1.54, 1.807) is 13.2 Å². The van der Waals surface area contributed by atoms with Crippen LogP contribution in [0.4, 0.5) is 0 Å². The monoisotopic (exact) mass is 445 g/mol. The lowest BCUT2D eigenvalue weighted by atomic mass is 9.62. The minimum atomic E-state index is -0.206. The van der Waals surface area contributed by atoms with Crippen LogP contribution in [0.1, 0.15) is 84.7 Å². The van der Waals surface area contributed by atoms with Crippen molar-refractivity contribution in [2.75, 3.05) is 7.11 Å². The number of methoxy groups -OCH3 is 1. The molecule has 4 nitrogen and oxygen atoms in total. The summed E-state index contributed by atoms with van der Waals surface area (Å²) in [6.07, 6.45) is 3.08. The first-order chi connectivity index (χ1) is 15.6. The van der Waals surface area contributed by atoms with Gasteiger partial charge >= 0.3 is 0 Å². The summed E-state index contributed by atoms with van der Waals surface area (Å²) in [4.78, 5) is 12.6. The molecule has 1 N–H and O–H groups in total. The highest BCUT2D eigenvalue weighted by Gasteiger charge is 2.37. The maximum atomic E-state index is 12.6. The third kappa shape index (κ3) is 4.85. The van der Waals surface area contributed by atoms with Crippen molar-refractivity contribution < 1.29 is 13.9 Å². The predicted octanol–water partition coefficient (Wildman–Crippen LogP) is 6.47. The minimum absolute atomic E-state index is 0.170. The molecule has 0 saturated carbocycles. The first-order valence-electron chi connectivity index (χ1n) is 11.7. The number of aryl methyl sites for hydroxylation is 1. The summed E-state index contributed by atoms with van der Waals surface area (Å²) in [5.41, 5.74) is 6.84. The highest BCUT2D eigenvalue weighted by molar-refractivity contribution is 5.91. The molecule has 0 atom stereocenters. The fourth-order valence-electron chi connectivity index (χ4n) is 4.75. The number of nitrogens with one attached hydrogen (secondary N) is 1. The number of benzene rings is 2. The molecule has 3 aromatic rings. The molecule has 0 radical (unpaired) electrons. The zero-order valence-electron chi connectivity index (χ0n) is 20.7. The van der Waals surface area contributed by atoms with Gasteiger partial charge in [0, 0.05) is 13.0 Å². The van der Waals surface area contributed by atoms with Gasteiger partial charge in [-0.15, -0.1) is 0 Å². The van der Waals surface area contributed by atoms with Crippen LogP contribution in [0.25, 0.3) is 0 Å². The average Bonchev–Trinajstić information content (AvgIpc) is 3.25. The van der Waals surface area contributed by atoms with Crippen LogP contribution in [0.15, 0.2) is 52.9 Å². The van der Waals surface area contributed by atoms with Crippen molar-refractivity contribution in [2.45, 2.75) is 71.3 Å². The summed E-state index contributed by atoms with van der Waals surface area (Å²) < 4.78 is 11.1. The number of fused-ring (bicyclic) bond motifs is 1. The number of carbonyl (C=O) groups is 1. The zero-order chi connectivity index (χ0) is 23.8. The molecule has 1 aromatic heterocycles. The van der Waals surface area contributed by atoms with Gasteiger partial charge in [-0.25, -0.2) is 0 Å². The number of hydrogen-bond acceptors (Lipinski definition) is 3. The highest BCUT2D eigenvalue weighted by Crippen LogP contribution is 2.46. The van der Waals surface area contributed by atoms with Crippen molar-refractivity contribution in [1.82, 2.24) is 5.32 Å². The van der Waals surface area contributed by atoms with Gasteiger partial charge in [0.15, 0.2) is 5.76 Å². The Labute approximate surface area is 197 Å². The fraction of sp³-hybridized carbons (Fsp3) is 0.414. The molecule has 0 fully saturated rings. The van der Waals surface area contributed by atoms with Crippen molar-refractivity contribution >= 4 is 5.91 Å². The summed E-state index contributed by atoms with van der Waals surface area (Å²) in [5, 5.41) is 2.93. The molecule has 4 rings (SSSR count). The van der Waals surface area contributed by atoms with Crippen LogP contribution in [0.2, 0.25) is 0 Å². The molecule has 1 aliphatic rings. The van der Waals surface area contributed by atoms with Crippen LogP contribution >= 0.6 is 0 Å². The number of hydrogen-bond donors (Lipinski definition) is 1. The van der Waals surface area contributed by atoms with Gasteiger partial charge in [-0.05, 0) is 82.7 Å². The van der Waals surface area contributed by atoms with Gasteiger partial charge in [0.2, 0.25) is 0 Å². The Hall–Kier alpha value is -3.01. The van der Waals surface area contributed by atoms with E-state index in [-0.39, 0.29) is 16.7 Å². The minimum Gasteiger partial charge on any atom is -0.497 e. The lowest BCUT2D eigenvalue weighted by molar-refractivity contribution is 0.0921. The van der Waals surface area contributed by atoms with E-state index in [4.69, 9.17) is 9.15 Å². The fourth-order valence-corrected chi connectivity index (χ4v) is 4.75. The lowest BCUT2D eigenvalue weighted by Gasteiger charge is -2.42. The van der Waals surface area contributed by atoms with Gasteiger partial charge in [0.25, 0.3) is 5.91 Å². The second-order valence-corrected chi connectivity index (χ2v) is 10.6. The van der Waals surface area contributed by atoms with E-state index >= 15 is 0 Å². The van der Waals surface area contributed by atoms with Gasteiger partial charge in [0.1, 0.15) is 11.5 Å². The van der Waals surface area contributed by atoms with E-state index in [1.165, 1.54) is 35.1 Å². The third-order valence-electron chi connectivity index (χ3n) is 7.17. The Balaban J connectivity index is 1.47. The summed E-state index contributed by atoms with van der Waals surface area (Å²) in [7, 11) is 1.64. The second-order valence-electron chi connectivity index (χ2n) is 10.6. The first kappa shape index (κ1) is 23.2. The first-order valence-corrected chi connectivity index (χ1v) is 11.7. The van der Waals surface area contributed by atoms with E-state index < -0.39 is 0 Å². The molecule has 1 amide bonds. The standard InChI is InChI=1S/C29H35NO3/c1-19-15-24-25(29(4,5)14-13-28(24,2)3)17-21(19)16-23-11-12-26(33-23)27(31)30-18-20-7-9-22(32-6)10-8-20/h7-12,15,17H,13-14,16,18H2,1-6H3,(H,30,31). The van der Waals surface area contributed by atoms with E-state index in [1.807, 2.05) is 30.3 Å². The van der Waals surface area contributed by atoms with Gasteiger partial charge in [0.05, 0.1) is 7.11 Å². The number of carbonyl (C=O) groups excluding carboxylic acids is 1. The molecule has 4 heteroatoms. The number of ether oxygens (including phenoxy) is 1. The summed E-state index contributed by atoms with van der Waals surface area (Å²) >= 11 is 0. The predicted molar refractivity (Wildman–Crippen MR) is 132 cm³/mol. The Morgan fingerprint density at radius 2 is 1.61 bits per heavy atom. The maximum absolute atomic E-state index is 12.6. The van der Waals surface area contributed by atoms with Crippen molar-refractivity contribution in [2.24, 2.45) is 0 Å². The van der Waals surface area contributed by atoms with E-state index in [0.29, 0.717) is 18.7 Å². The Kier molecular flexibility index (Phi) is 6.13. The van der Waals surface area contributed by atoms with Crippen molar-refractivity contribution in [1.29, 1.82) is 0 Å². The van der Waals surface area contributed by atoms with Crippen molar-refractivity contribution in [3.8, 4) is 5.75 Å². The van der Waals surface area contributed by atoms with Crippen LogP contribution in [-0.2, 0) is 23.8 Å². The normalized spacial score (nSPS) is 16.2. The molecule has 2 aromatic carbocycles. The van der Waals surface area contributed by atoms with Crippen LogP contribution in [0.5, 0.6) is 5.75 Å². The molecule has 0 aliphatic heterocycles. The molecule has 0 unspecified atom stereocenters. The van der Waals surface area contributed by atoms with E-state index in [9.17, 15) is 4.79 Å². The van der Waals surface area contributed by atoms with Crippen LogP contribution in [0, 0.1) is 6.92 Å². The summed E-state index contributed by atoms with van der Waals surface area (Å²) in [5.74, 6) is 1.74. The van der Waals surface area contributed by atoms with Gasteiger partial charge in [-0.2, -0.15) is 0 Å². The molecular weight excluding hydrogens is 410 g/mol. The van der Waals surface area contributed by atoms with E-state index in [0.717, 1.165) is 17.1 Å². The molecule has 33 heavy (non-hydrogen) atoms. The van der Waals surface area contributed by atoms with Crippen LogP contribution in [0.3, 0.4) is 0 Å². The van der Waals surface area contributed by atoms with Gasteiger partial charge < -0.3 is 14.5 Å². The maximum Gasteiger partial charge on any atom is 0.287 e. The molecular formula is C29H35NO3. The SMILES string of the molecule is COc1ccc(CNC(=O)c2ccc(Cc3cc4c(cc3C)C(C)(C)CCC4(C)C)o2)cc1. The molecule has 0 bridgehead atoms. The molecule has 1 heterocycles. The average molecular weight is 446 g/mol. The molecule has 0 saturated heterocycles. The summed E-state index contributed by atoms with van der Waals surface area (Å²) in [6.45, 7) is 12.0. The molecule has 174 valence electrons. The third-order valence-corrected chi connectivity index (χ3v) is 7.17. The second kappa shape index (κ2) is 8.74. The molecule has 1 aliphatic carbocycles. The summed E-state index contributed by atoms with van der Waals surface area (Å²) in [6, 6.07) is 16.1. The number of amides is 1. The zero-order valence-corrected chi connectivity index (χ0v) is 20.7. The van der Waals surface area contributed by atoms with Gasteiger partial charge in [-0.3, -0.25) is 4.79 Å². The highest BCUT2D eigenvalue weighted by atomic mass is 16.5. The van der Waals surface area contributed by atoms with Crippen molar-refractivity contribution in [3.05, 3.63) is 87.9 Å². The smallest absolute Gasteiger partial charge is 0.287 e. The topological polar surface area (TPSA) is 51.5 Å². The Bertz CT molecular complexity index is 1150. The lowest BCUT2D eigenvalue weighted by Crippen LogP contribution is -2.34. The van der Waals surface area contributed by atoms with Crippen LogP contribution in [-0.4, -0.2) is 13.0 Å². The Morgan fingerprint density at radius 3 is 2.24 bits per heavy atom. The van der Waals surface area contributed by atoms with Gasteiger partial charge in [-0.1, -0.05) is 52.0 Å². The van der Waals surface area contributed by atoms with Crippen molar-refractivity contribution in [3.63, 3.8) is 0 Å². The quantitative estimate of drug-likeness (QED) is 0.473. The molecule has 0 spiro atoms. The number of furan rings is 1. The Morgan fingerprint density at radius 1 is 0.970 bits per heavy atom. The number of rotatable bonds is 6. The van der Waals surface area contributed by atoms with E-state index in [2.05, 4.69) is 52.1 Å².